The molecule has 12 nitrogen and oxygen atoms in total. The summed E-state index contributed by atoms with van der Waals surface area (Å²) in [5.41, 5.74) is 11.2. The third-order valence-electron chi connectivity index (χ3n) is 3.63. The summed E-state index contributed by atoms with van der Waals surface area (Å²) in [5.74, 6) is -1.12. The first-order valence-corrected chi connectivity index (χ1v) is 7.33. The molecule has 0 aliphatic carbocycles. The van der Waals surface area contributed by atoms with Crippen LogP contribution in [-0.2, 0) is 14.3 Å². The van der Waals surface area contributed by atoms with Gasteiger partial charge in [-0.2, -0.15) is 4.98 Å². The second-order valence-corrected chi connectivity index (χ2v) is 5.78. The number of anilines is 1. The Bertz CT molecular complexity index is 760. The molecule has 1 aliphatic heterocycles. The second-order valence-electron chi connectivity index (χ2n) is 5.78. The van der Waals surface area contributed by atoms with Crippen molar-refractivity contribution in [2.75, 3.05) is 12.3 Å². The molecule has 0 saturated carbocycles. The van der Waals surface area contributed by atoms with Gasteiger partial charge < -0.3 is 25.4 Å². The maximum absolute atomic E-state index is 11.9. The molecule has 0 spiro atoms. The maximum Gasteiger partial charge on any atom is 0.351 e. The fourth-order valence-corrected chi connectivity index (χ4v) is 2.26. The molecule has 0 amide bonds. The molecular weight excluding hydrogens is 336 g/mol. The predicted octanol–water partition coefficient (Wildman–Crippen LogP) is -0.718. The summed E-state index contributed by atoms with van der Waals surface area (Å²) in [7, 11) is 0. The van der Waals surface area contributed by atoms with Crippen molar-refractivity contribution in [2.45, 2.75) is 38.0 Å². The molecule has 0 radical (unpaired) electrons. The number of carbonyl (C=O) groups is 1. The van der Waals surface area contributed by atoms with Crippen molar-refractivity contribution in [3.05, 3.63) is 33.2 Å². The maximum atomic E-state index is 11.9. The first kappa shape index (κ1) is 18.7. The van der Waals surface area contributed by atoms with Gasteiger partial charge in [0.1, 0.15) is 24.6 Å². The predicted molar refractivity (Wildman–Crippen MR) is 82.7 cm³/mol. The zero-order chi connectivity index (χ0) is 18.8. The van der Waals surface area contributed by atoms with Crippen molar-refractivity contribution in [3.63, 3.8) is 0 Å². The van der Waals surface area contributed by atoms with Gasteiger partial charge in [-0.25, -0.2) is 4.79 Å². The van der Waals surface area contributed by atoms with Gasteiger partial charge in [-0.15, -0.1) is 0 Å². The number of aliphatic hydroxyl groups excluding tert-OH is 2. The van der Waals surface area contributed by atoms with Crippen LogP contribution in [0.3, 0.4) is 0 Å². The largest absolute Gasteiger partial charge is 0.462 e. The van der Waals surface area contributed by atoms with E-state index in [1.54, 1.807) is 13.8 Å². The normalized spacial score (nSPS) is 28.6. The van der Waals surface area contributed by atoms with Gasteiger partial charge in [0.2, 0.25) is 5.72 Å². The minimum atomic E-state index is -2.09. The van der Waals surface area contributed by atoms with E-state index >= 15 is 0 Å². The fraction of sp³-hybridized carbons (Fsp3) is 0.615. The van der Waals surface area contributed by atoms with E-state index in [0.717, 1.165) is 4.57 Å². The average Bonchev–Trinajstić information content (AvgIpc) is 2.78. The number of nitrogens with two attached hydrogens (primary N) is 1. The number of hydrogen-bond acceptors (Lipinski definition) is 9. The molecule has 25 heavy (non-hydrogen) atoms. The number of nitrogens with zero attached hydrogens (tertiary/aromatic N) is 5. The van der Waals surface area contributed by atoms with E-state index in [1.165, 1.54) is 12.3 Å². The van der Waals surface area contributed by atoms with Crippen molar-refractivity contribution in [1.29, 1.82) is 0 Å². The Labute approximate surface area is 141 Å². The number of hydrogen-bond donors (Lipinski definition) is 3. The molecule has 1 aliphatic rings. The van der Waals surface area contributed by atoms with Gasteiger partial charge in [0.05, 0.1) is 5.92 Å². The molecule has 136 valence electrons. The van der Waals surface area contributed by atoms with E-state index in [1.807, 2.05) is 0 Å². The Morgan fingerprint density at radius 1 is 1.64 bits per heavy atom. The molecule has 12 heteroatoms. The number of aliphatic hydroxyl groups is 2. The first-order chi connectivity index (χ1) is 11.7. The van der Waals surface area contributed by atoms with Crippen LogP contribution in [0.15, 0.2) is 22.2 Å². The lowest BCUT2D eigenvalue weighted by Gasteiger charge is -2.26. The molecule has 0 bridgehead atoms. The van der Waals surface area contributed by atoms with Crippen LogP contribution in [0.2, 0.25) is 0 Å². The van der Waals surface area contributed by atoms with Crippen LogP contribution in [0.1, 0.15) is 20.1 Å². The summed E-state index contributed by atoms with van der Waals surface area (Å²) >= 11 is 0. The SMILES string of the molecule is CC(C)C(=O)OC[C@@]1(N=[N+]=[N-])O[C@H](n2ccc(N)nc2=O)[C@H](O)[C@@H]1O. The van der Waals surface area contributed by atoms with Crippen molar-refractivity contribution >= 4 is 11.8 Å². The summed E-state index contributed by atoms with van der Waals surface area (Å²) in [6.07, 6.45) is -3.61. The van der Waals surface area contributed by atoms with E-state index < -0.39 is 48.3 Å². The third-order valence-corrected chi connectivity index (χ3v) is 3.63. The van der Waals surface area contributed by atoms with Crippen LogP contribution >= 0.6 is 0 Å². The van der Waals surface area contributed by atoms with Gasteiger partial charge in [-0.3, -0.25) is 9.36 Å². The van der Waals surface area contributed by atoms with E-state index in [2.05, 4.69) is 15.0 Å². The van der Waals surface area contributed by atoms with Gasteiger partial charge in [0, 0.05) is 11.1 Å². The highest BCUT2D eigenvalue weighted by molar-refractivity contribution is 5.71. The lowest BCUT2D eigenvalue weighted by atomic mass is 10.1. The van der Waals surface area contributed by atoms with Gasteiger partial charge >= 0.3 is 11.7 Å². The molecule has 4 N–H and O–H groups in total. The minimum Gasteiger partial charge on any atom is -0.462 e. The summed E-state index contributed by atoms with van der Waals surface area (Å²) in [6.45, 7) is 2.54. The second kappa shape index (κ2) is 7.07. The van der Waals surface area contributed by atoms with Crippen LogP contribution < -0.4 is 11.4 Å². The Kier molecular flexibility index (Phi) is 5.28. The first-order valence-electron chi connectivity index (χ1n) is 7.33. The summed E-state index contributed by atoms with van der Waals surface area (Å²) in [4.78, 5) is 29.6. The minimum absolute atomic E-state index is 0.0403. The molecule has 0 aromatic carbocycles. The van der Waals surface area contributed by atoms with Gasteiger partial charge in [-0.05, 0) is 11.6 Å². The molecular formula is C13H18N6O6. The van der Waals surface area contributed by atoms with Crippen LogP contribution in [0.25, 0.3) is 10.4 Å². The standard InChI is InChI=1S/C13H18N6O6/c1-6(2)11(22)24-5-13(17-18-15)9(21)8(20)10(25-13)19-4-3-7(14)16-12(19)23/h3-4,6,8-10,20-21H,5H2,1-2H3,(H2,14,16,23)/t8-,9+,10+,13-/m1/s1. The van der Waals surface area contributed by atoms with E-state index in [4.69, 9.17) is 20.7 Å². The number of ether oxygens (including phenoxy) is 2. The molecule has 1 saturated heterocycles. The molecule has 0 unspecified atom stereocenters. The number of carbonyl (C=O) groups excluding carboxylic acids is 1. The van der Waals surface area contributed by atoms with Crippen LogP contribution in [-0.4, -0.2) is 50.3 Å². The molecule has 1 aromatic rings. The van der Waals surface area contributed by atoms with Gasteiger partial charge in [0.15, 0.2) is 6.23 Å². The molecule has 4 atom stereocenters. The van der Waals surface area contributed by atoms with Crippen molar-refractivity contribution in [2.24, 2.45) is 11.0 Å². The van der Waals surface area contributed by atoms with E-state index in [-0.39, 0.29) is 5.82 Å². The van der Waals surface area contributed by atoms with Crippen LogP contribution in [0.4, 0.5) is 5.82 Å². The monoisotopic (exact) mass is 354 g/mol. The summed E-state index contributed by atoms with van der Waals surface area (Å²) in [5, 5.41) is 23.9. The number of rotatable bonds is 5. The van der Waals surface area contributed by atoms with Crippen molar-refractivity contribution < 1.29 is 24.5 Å². The number of azide groups is 1. The number of aromatic nitrogens is 2. The van der Waals surface area contributed by atoms with Crippen molar-refractivity contribution in [1.82, 2.24) is 9.55 Å². The Morgan fingerprint density at radius 3 is 2.88 bits per heavy atom. The quantitative estimate of drug-likeness (QED) is 0.267. The molecule has 1 aromatic heterocycles. The summed E-state index contributed by atoms with van der Waals surface area (Å²) < 4.78 is 11.3. The molecule has 2 rings (SSSR count). The molecule has 2 heterocycles. The van der Waals surface area contributed by atoms with Crippen LogP contribution in [0.5, 0.6) is 0 Å². The summed E-state index contributed by atoms with van der Waals surface area (Å²) in [6, 6.07) is 1.29. The van der Waals surface area contributed by atoms with Crippen LogP contribution in [0, 0.1) is 5.92 Å². The Hall–Kier alpha value is -2.66. The third kappa shape index (κ3) is 3.56. The fourth-order valence-electron chi connectivity index (χ4n) is 2.26. The topological polar surface area (TPSA) is 186 Å². The Balaban J connectivity index is 2.34. The highest BCUT2D eigenvalue weighted by Gasteiger charge is 2.56. The zero-order valence-corrected chi connectivity index (χ0v) is 13.5. The van der Waals surface area contributed by atoms with Gasteiger partial charge in [0.25, 0.3) is 0 Å². The average molecular weight is 354 g/mol. The number of esters is 1. The van der Waals surface area contributed by atoms with Gasteiger partial charge in [-0.1, -0.05) is 19.0 Å². The Morgan fingerprint density at radius 2 is 2.32 bits per heavy atom. The highest BCUT2D eigenvalue weighted by Crippen LogP contribution is 2.38. The smallest absolute Gasteiger partial charge is 0.351 e. The van der Waals surface area contributed by atoms with E-state index in [9.17, 15) is 19.8 Å². The van der Waals surface area contributed by atoms with E-state index in [0.29, 0.717) is 0 Å². The lowest BCUT2D eigenvalue weighted by molar-refractivity contribution is -0.168. The van der Waals surface area contributed by atoms with Crippen molar-refractivity contribution in [3.8, 4) is 0 Å². The number of nitrogen functional groups attached to an aromatic ring is 1. The zero-order valence-electron chi connectivity index (χ0n) is 13.5. The molecule has 1 fully saturated rings. The highest BCUT2D eigenvalue weighted by atomic mass is 16.6. The lowest BCUT2D eigenvalue weighted by Crippen LogP contribution is -2.45.